The van der Waals surface area contributed by atoms with Crippen LogP contribution in [-0.2, 0) is 11.3 Å². The fraction of sp³-hybridized carbons (Fsp3) is 0.565. The molecule has 180 valence electrons. The first-order valence-electron chi connectivity index (χ1n) is 11.2. The number of carbonyl (C=O) groups excluding carboxylic acids is 2. The second kappa shape index (κ2) is 9.01. The molecule has 0 atom stereocenters. The van der Waals surface area contributed by atoms with Gasteiger partial charge in [-0.3, -0.25) is 9.59 Å². The smallest absolute Gasteiger partial charge is 0.378 e. The number of fused-ring (bicyclic) bond motifs is 1. The summed E-state index contributed by atoms with van der Waals surface area (Å²) in [4.78, 5) is 39.8. The lowest BCUT2D eigenvalue weighted by atomic mass is 10.1. The van der Waals surface area contributed by atoms with E-state index in [0.717, 1.165) is 12.8 Å². The third-order valence-electron chi connectivity index (χ3n) is 5.37. The lowest BCUT2D eigenvalue weighted by Gasteiger charge is -2.24. The molecule has 1 aliphatic rings. The molecule has 2 aromatic heterocycles. The van der Waals surface area contributed by atoms with E-state index in [-0.39, 0.29) is 30.0 Å². The third kappa shape index (κ3) is 5.44. The van der Waals surface area contributed by atoms with Crippen LogP contribution in [0.2, 0.25) is 0 Å². The molecule has 0 aliphatic heterocycles. The van der Waals surface area contributed by atoms with Gasteiger partial charge in [0.1, 0.15) is 0 Å². The molecule has 10 heteroatoms. The van der Waals surface area contributed by atoms with Crippen LogP contribution in [0.25, 0.3) is 11.7 Å². The number of hydrogen-bond donors (Lipinski definition) is 4. The number of aliphatic hydroxyl groups is 1. The number of aryl methyl sites for hydroxylation is 1. The van der Waals surface area contributed by atoms with Crippen LogP contribution in [0.3, 0.4) is 0 Å². The van der Waals surface area contributed by atoms with Gasteiger partial charge < -0.3 is 20.4 Å². The van der Waals surface area contributed by atoms with Crippen molar-refractivity contribution in [1.29, 1.82) is 0 Å². The Kier molecular flexibility index (Phi) is 6.69. The molecule has 0 saturated heterocycles. The van der Waals surface area contributed by atoms with E-state index in [1.54, 1.807) is 33.9 Å². The van der Waals surface area contributed by atoms with Gasteiger partial charge >= 0.3 is 17.1 Å². The standard InChI is InChI=1S/C23H33N5O5/c1-13(2)11-27-20-16(9-10-17(29)26(6)12-23(4,5)33)14(3)25-28(20)22(32)18(21(27)31)19(30)24-15-7-8-15/h9-10,13,15,33H,7-8,11-12H2,1-6H3,(H2,24,30,31,32)/p+1/b10-9+. The first kappa shape index (κ1) is 24.5. The molecule has 3 rings (SSSR count). The zero-order chi connectivity index (χ0) is 24.7. The zero-order valence-electron chi connectivity index (χ0n) is 20.1. The topological polar surface area (TPSA) is 131 Å². The number of aromatic amines is 1. The van der Waals surface area contributed by atoms with Gasteiger partial charge in [0, 0.05) is 25.7 Å². The Balaban J connectivity index is 2.11. The molecule has 0 spiro atoms. The van der Waals surface area contributed by atoms with E-state index >= 15 is 0 Å². The maximum Gasteiger partial charge on any atom is 0.378 e. The van der Waals surface area contributed by atoms with Crippen molar-refractivity contribution >= 4 is 23.5 Å². The van der Waals surface area contributed by atoms with Gasteiger partial charge in [0.05, 0.1) is 23.4 Å². The molecule has 1 aliphatic carbocycles. The summed E-state index contributed by atoms with van der Waals surface area (Å²) in [6.45, 7) is 9.40. The number of aromatic hydroxyl groups is 1. The van der Waals surface area contributed by atoms with Crippen molar-refractivity contribution in [2.24, 2.45) is 5.92 Å². The Hall–Kier alpha value is -3.14. The van der Waals surface area contributed by atoms with Gasteiger partial charge in [0.25, 0.3) is 5.91 Å². The summed E-state index contributed by atoms with van der Waals surface area (Å²) in [7, 11) is 1.59. The van der Waals surface area contributed by atoms with Crippen molar-refractivity contribution in [2.75, 3.05) is 13.6 Å². The maximum absolute atomic E-state index is 13.2. The average molecular weight is 461 g/mol. The predicted molar refractivity (Wildman–Crippen MR) is 123 cm³/mol. The first-order chi connectivity index (χ1) is 15.3. The summed E-state index contributed by atoms with van der Waals surface area (Å²) >= 11 is 0. The van der Waals surface area contributed by atoms with Crippen molar-refractivity contribution < 1.29 is 24.4 Å². The Morgan fingerprint density at radius 1 is 1.36 bits per heavy atom. The minimum Gasteiger partial charge on any atom is -0.477 e. The number of nitrogens with one attached hydrogen (secondary N) is 2. The van der Waals surface area contributed by atoms with Gasteiger partial charge in [-0.1, -0.05) is 18.4 Å². The summed E-state index contributed by atoms with van der Waals surface area (Å²) in [6, 6.07) is 0.0336. The number of hydrogen-bond acceptors (Lipinski definition) is 5. The van der Waals surface area contributed by atoms with Crippen molar-refractivity contribution in [1.82, 2.24) is 19.8 Å². The largest absolute Gasteiger partial charge is 0.477 e. The first-order valence-corrected chi connectivity index (χ1v) is 11.2. The van der Waals surface area contributed by atoms with E-state index in [0.29, 0.717) is 23.4 Å². The Morgan fingerprint density at radius 2 is 2.00 bits per heavy atom. The molecule has 1 fully saturated rings. The molecular weight excluding hydrogens is 426 g/mol. The Labute approximate surface area is 192 Å². The lowest BCUT2D eigenvalue weighted by molar-refractivity contribution is -0.686. The van der Waals surface area contributed by atoms with Crippen LogP contribution in [0.4, 0.5) is 0 Å². The minimum atomic E-state index is -1.04. The van der Waals surface area contributed by atoms with E-state index in [1.165, 1.54) is 20.1 Å². The van der Waals surface area contributed by atoms with Crippen molar-refractivity contribution in [3.63, 3.8) is 0 Å². The highest BCUT2D eigenvalue weighted by Gasteiger charge is 2.35. The van der Waals surface area contributed by atoms with Gasteiger partial charge in [0.2, 0.25) is 11.5 Å². The average Bonchev–Trinajstić information content (AvgIpc) is 3.42. The van der Waals surface area contributed by atoms with Gasteiger partial charge in [-0.05, 0) is 45.6 Å². The van der Waals surface area contributed by atoms with E-state index in [1.807, 2.05) is 13.8 Å². The number of aromatic nitrogens is 3. The Bertz CT molecular complexity index is 1160. The Morgan fingerprint density at radius 3 is 2.55 bits per heavy atom. The molecule has 33 heavy (non-hydrogen) atoms. The SMILES string of the molecule is Cc1[nH]n2c(=O)c(C(=O)NC3CC3)c(O)[n+](CC(C)C)c2c1/C=C/C(=O)N(C)CC(C)(C)O. The van der Waals surface area contributed by atoms with E-state index in [9.17, 15) is 24.6 Å². The second-order valence-corrected chi connectivity index (χ2v) is 9.91. The highest BCUT2D eigenvalue weighted by Crippen LogP contribution is 2.22. The number of H-pyrrole nitrogens is 1. The number of rotatable bonds is 8. The normalized spacial score (nSPS) is 14.4. The molecule has 0 bridgehead atoms. The third-order valence-corrected chi connectivity index (χ3v) is 5.37. The van der Waals surface area contributed by atoms with Crippen molar-refractivity contribution in [2.45, 2.75) is 65.6 Å². The maximum atomic E-state index is 13.2. The van der Waals surface area contributed by atoms with Crippen LogP contribution in [0, 0.1) is 12.8 Å². The second-order valence-electron chi connectivity index (χ2n) is 9.91. The van der Waals surface area contributed by atoms with Crippen LogP contribution in [0.15, 0.2) is 10.9 Å². The van der Waals surface area contributed by atoms with Crippen molar-refractivity contribution in [3.8, 4) is 5.88 Å². The molecule has 0 aromatic carbocycles. The minimum absolute atomic E-state index is 0.0336. The molecule has 2 heterocycles. The van der Waals surface area contributed by atoms with Gasteiger partial charge in [-0.2, -0.15) is 4.57 Å². The fourth-order valence-electron chi connectivity index (χ4n) is 3.79. The van der Waals surface area contributed by atoms with Crippen LogP contribution in [-0.4, -0.2) is 61.8 Å². The molecule has 0 unspecified atom stereocenters. The molecule has 4 N–H and O–H groups in total. The van der Waals surface area contributed by atoms with E-state index in [2.05, 4.69) is 10.4 Å². The van der Waals surface area contributed by atoms with E-state index < -0.39 is 22.9 Å². The molecule has 1 saturated carbocycles. The highest BCUT2D eigenvalue weighted by molar-refractivity contribution is 5.96. The fourth-order valence-corrected chi connectivity index (χ4v) is 3.79. The van der Waals surface area contributed by atoms with Crippen molar-refractivity contribution in [3.05, 3.63) is 33.3 Å². The summed E-state index contributed by atoms with van der Waals surface area (Å²) in [5.41, 5.74) is -0.501. The van der Waals surface area contributed by atoms with E-state index in [4.69, 9.17) is 0 Å². The summed E-state index contributed by atoms with van der Waals surface area (Å²) in [6.07, 6.45) is 4.64. The summed E-state index contributed by atoms with van der Waals surface area (Å²) in [5, 5.41) is 26.7. The summed E-state index contributed by atoms with van der Waals surface area (Å²) in [5.74, 6) is -1.21. The van der Waals surface area contributed by atoms with Gasteiger partial charge in [0.15, 0.2) is 0 Å². The molecular formula is C23H34N5O5+. The predicted octanol–water partition coefficient (Wildman–Crippen LogP) is 0.720. The number of likely N-dealkylation sites (N-methyl/N-ethyl adjacent to an activating group) is 1. The summed E-state index contributed by atoms with van der Waals surface area (Å²) < 4.78 is 2.77. The lowest BCUT2D eigenvalue weighted by Crippen LogP contribution is -2.46. The highest BCUT2D eigenvalue weighted by atomic mass is 16.3. The van der Waals surface area contributed by atoms with Crippen LogP contribution in [0.5, 0.6) is 5.88 Å². The molecule has 2 aromatic rings. The zero-order valence-corrected chi connectivity index (χ0v) is 20.1. The number of amides is 2. The molecule has 10 nitrogen and oxygen atoms in total. The quantitative estimate of drug-likeness (QED) is 0.341. The van der Waals surface area contributed by atoms with Crippen LogP contribution >= 0.6 is 0 Å². The number of carbonyl (C=O) groups is 2. The molecule has 2 amide bonds. The van der Waals surface area contributed by atoms with Gasteiger partial charge in [-0.15, -0.1) is 0 Å². The molecule has 0 radical (unpaired) electrons. The monoisotopic (exact) mass is 460 g/mol. The van der Waals surface area contributed by atoms with Crippen LogP contribution in [0.1, 0.15) is 62.2 Å². The number of nitrogens with zero attached hydrogens (tertiary/aromatic N) is 3. The van der Waals surface area contributed by atoms with Crippen LogP contribution < -0.4 is 15.4 Å². The van der Waals surface area contributed by atoms with Gasteiger partial charge in [-0.25, -0.2) is 9.89 Å².